The number of ether oxygens (including phenoxy) is 1. The number of benzene rings is 2. The molecular formula is C34H36FN7O5S2. The summed E-state index contributed by atoms with van der Waals surface area (Å²) in [5.74, 6) is 5.12. The summed E-state index contributed by atoms with van der Waals surface area (Å²) in [4.78, 5) is 23.6. The molecule has 0 aliphatic rings. The van der Waals surface area contributed by atoms with Crippen LogP contribution in [-0.4, -0.2) is 80.9 Å². The van der Waals surface area contributed by atoms with Crippen molar-refractivity contribution in [3.8, 4) is 17.6 Å². The SMILES string of the molecule is CNCC#Cc1ccc(OCCCc2sc(N(CCCC(O)CO)c3cc(C)c(Nc4nc5ccccc5s4)nn3)nc2C(=O)O)c(F)c1. The Bertz CT molecular complexity index is 1930. The lowest BCUT2D eigenvalue weighted by Crippen LogP contribution is -2.22. The number of aromatic carboxylic acids is 1. The number of nitrogens with zero attached hydrogens (tertiary/aromatic N) is 5. The van der Waals surface area contributed by atoms with E-state index in [1.165, 1.54) is 34.8 Å². The van der Waals surface area contributed by atoms with Crippen molar-refractivity contribution in [2.24, 2.45) is 0 Å². The van der Waals surface area contributed by atoms with E-state index in [2.05, 4.69) is 42.6 Å². The fourth-order valence-corrected chi connectivity index (χ4v) is 6.77. The lowest BCUT2D eigenvalue weighted by molar-refractivity contribution is 0.0690. The van der Waals surface area contributed by atoms with Gasteiger partial charge in [-0.25, -0.2) is 19.2 Å². The maximum absolute atomic E-state index is 14.6. The second kappa shape index (κ2) is 17.1. The van der Waals surface area contributed by atoms with Crippen molar-refractivity contribution >= 4 is 60.8 Å². The molecule has 5 aromatic rings. The van der Waals surface area contributed by atoms with Gasteiger partial charge in [-0.3, -0.25) is 0 Å². The van der Waals surface area contributed by atoms with Crippen molar-refractivity contribution < 1.29 is 29.2 Å². The molecule has 1 atom stereocenters. The Morgan fingerprint density at radius 2 is 1.96 bits per heavy atom. The number of rotatable bonds is 16. The van der Waals surface area contributed by atoms with Gasteiger partial charge in [0.1, 0.15) is 0 Å². The Morgan fingerprint density at radius 1 is 1.12 bits per heavy atom. The smallest absolute Gasteiger partial charge is 0.355 e. The second-order valence-electron chi connectivity index (χ2n) is 11.0. The summed E-state index contributed by atoms with van der Waals surface area (Å²) in [5, 5.41) is 45.3. The van der Waals surface area contributed by atoms with Crippen LogP contribution in [0.15, 0.2) is 48.5 Å². The number of hydrogen-bond acceptors (Lipinski definition) is 13. The third-order valence-electron chi connectivity index (χ3n) is 7.25. The first-order valence-corrected chi connectivity index (χ1v) is 17.2. The average molecular weight is 706 g/mol. The minimum atomic E-state index is -1.17. The zero-order chi connectivity index (χ0) is 34.8. The van der Waals surface area contributed by atoms with Crippen LogP contribution in [0, 0.1) is 24.6 Å². The molecule has 256 valence electrons. The number of aliphatic hydroxyl groups excluding tert-OH is 2. The number of anilines is 4. The van der Waals surface area contributed by atoms with Gasteiger partial charge in [-0.05, 0) is 81.6 Å². The highest BCUT2D eigenvalue weighted by atomic mass is 32.1. The van der Waals surface area contributed by atoms with Crippen LogP contribution in [0.4, 0.5) is 26.3 Å². The molecule has 5 N–H and O–H groups in total. The summed E-state index contributed by atoms with van der Waals surface area (Å²) in [6, 6.07) is 14.2. The number of halogens is 1. The van der Waals surface area contributed by atoms with Crippen LogP contribution < -0.4 is 20.3 Å². The van der Waals surface area contributed by atoms with Gasteiger partial charge in [-0.15, -0.1) is 21.5 Å². The maximum Gasteiger partial charge on any atom is 0.355 e. The van der Waals surface area contributed by atoms with Gasteiger partial charge in [-0.2, -0.15) is 0 Å². The number of fused-ring (bicyclic) bond motifs is 1. The van der Waals surface area contributed by atoms with E-state index in [0.29, 0.717) is 71.1 Å². The quantitative estimate of drug-likeness (QED) is 0.0667. The number of para-hydroxylation sites is 1. The van der Waals surface area contributed by atoms with Gasteiger partial charge in [0.25, 0.3) is 0 Å². The van der Waals surface area contributed by atoms with Crippen LogP contribution in [0.1, 0.15) is 45.8 Å². The Labute approximate surface area is 290 Å². The zero-order valence-corrected chi connectivity index (χ0v) is 28.6. The topological polar surface area (TPSA) is 166 Å². The molecule has 12 nitrogen and oxygen atoms in total. The average Bonchev–Trinajstić information content (AvgIpc) is 3.71. The number of aryl methyl sites for hydroxylation is 2. The fourth-order valence-electron chi connectivity index (χ4n) is 4.77. The number of aliphatic hydroxyl groups is 2. The standard InChI is InChI=1S/C34H36FN7O5S2/c1-21-18-29(40-41-31(21)39-33-37-25-10-3-4-11-27(25)48-33)42(16-6-9-23(44)20-43)34-38-30(32(45)46)28(49-34)12-7-17-47-26-14-13-22(19-24(26)35)8-5-15-36-2/h3-4,10-11,13-14,18-19,23,36,43-44H,6-7,9,12,15-17,20H2,1-2H3,(H,45,46)(H,37,39,41). The van der Waals surface area contributed by atoms with Gasteiger partial charge >= 0.3 is 5.97 Å². The monoisotopic (exact) mass is 705 g/mol. The van der Waals surface area contributed by atoms with E-state index in [-0.39, 0.29) is 24.7 Å². The van der Waals surface area contributed by atoms with Crippen molar-refractivity contribution in [3.05, 3.63) is 76.0 Å². The third-order valence-corrected chi connectivity index (χ3v) is 9.34. The molecule has 0 radical (unpaired) electrons. The second-order valence-corrected chi connectivity index (χ2v) is 13.1. The van der Waals surface area contributed by atoms with E-state index >= 15 is 0 Å². The summed E-state index contributed by atoms with van der Waals surface area (Å²) in [7, 11) is 1.78. The van der Waals surface area contributed by atoms with Crippen LogP contribution in [-0.2, 0) is 6.42 Å². The summed E-state index contributed by atoms with van der Waals surface area (Å²) in [6.07, 6.45) is 0.645. The first-order valence-electron chi connectivity index (χ1n) is 15.6. The number of aromatic nitrogens is 4. The van der Waals surface area contributed by atoms with Crippen molar-refractivity contribution in [2.75, 3.05) is 43.6 Å². The molecule has 15 heteroatoms. The molecule has 49 heavy (non-hydrogen) atoms. The molecule has 3 heterocycles. The molecule has 0 aliphatic heterocycles. The Kier molecular flexibility index (Phi) is 12.4. The minimum absolute atomic E-state index is 0.0881. The lowest BCUT2D eigenvalue weighted by Gasteiger charge is -2.21. The largest absolute Gasteiger partial charge is 0.491 e. The maximum atomic E-state index is 14.6. The Balaban J connectivity index is 1.31. The summed E-state index contributed by atoms with van der Waals surface area (Å²) in [5.41, 5.74) is 2.11. The molecule has 2 aromatic carbocycles. The normalized spacial score (nSPS) is 11.6. The highest BCUT2D eigenvalue weighted by molar-refractivity contribution is 7.22. The van der Waals surface area contributed by atoms with E-state index in [0.717, 1.165) is 15.8 Å². The first kappa shape index (κ1) is 35.6. The highest BCUT2D eigenvalue weighted by Crippen LogP contribution is 2.34. The Hall–Kier alpha value is -4.72. The van der Waals surface area contributed by atoms with E-state index in [1.54, 1.807) is 18.0 Å². The number of carbonyl (C=O) groups is 1. The molecule has 0 aliphatic carbocycles. The summed E-state index contributed by atoms with van der Waals surface area (Å²) in [6.45, 7) is 2.50. The minimum Gasteiger partial charge on any atom is -0.491 e. The molecule has 0 saturated heterocycles. The molecule has 0 amide bonds. The van der Waals surface area contributed by atoms with Crippen LogP contribution in [0.5, 0.6) is 5.75 Å². The van der Waals surface area contributed by atoms with Crippen molar-refractivity contribution in [3.63, 3.8) is 0 Å². The Morgan fingerprint density at radius 3 is 2.69 bits per heavy atom. The zero-order valence-electron chi connectivity index (χ0n) is 26.9. The van der Waals surface area contributed by atoms with Crippen LogP contribution in [0.25, 0.3) is 10.2 Å². The number of nitrogens with one attached hydrogen (secondary N) is 2. The summed E-state index contributed by atoms with van der Waals surface area (Å²) < 4.78 is 21.3. The first-order chi connectivity index (χ1) is 23.7. The molecule has 3 aromatic heterocycles. The number of thiazole rings is 2. The molecule has 0 fully saturated rings. The predicted molar refractivity (Wildman–Crippen MR) is 189 cm³/mol. The molecule has 0 spiro atoms. The van der Waals surface area contributed by atoms with Gasteiger partial charge < -0.3 is 35.6 Å². The number of carboxylic acid groups (broad SMARTS) is 1. The molecule has 1 unspecified atom stereocenters. The molecule has 0 bridgehead atoms. The van der Waals surface area contributed by atoms with Gasteiger partial charge in [0.2, 0.25) is 0 Å². The van der Waals surface area contributed by atoms with Crippen molar-refractivity contribution in [1.82, 2.24) is 25.5 Å². The number of carboxylic acids is 1. The molecular weight excluding hydrogens is 670 g/mol. The molecule has 0 saturated carbocycles. The van der Waals surface area contributed by atoms with Crippen molar-refractivity contribution in [2.45, 2.75) is 38.7 Å². The fraction of sp³-hybridized carbons (Fsp3) is 0.324. The molecule has 5 rings (SSSR count). The van der Waals surface area contributed by atoms with E-state index < -0.39 is 17.9 Å². The highest BCUT2D eigenvalue weighted by Gasteiger charge is 2.23. The van der Waals surface area contributed by atoms with Crippen LogP contribution >= 0.6 is 22.7 Å². The number of hydrogen-bond donors (Lipinski definition) is 5. The van der Waals surface area contributed by atoms with Crippen LogP contribution in [0.3, 0.4) is 0 Å². The van der Waals surface area contributed by atoms with Gasteiger partial charge in [0.05, 0.1) is 36.1 Å². The van der Waals surface area contributed by atoms with E-state index in [4.69, 9.17) is 4.74 Å². The van der Waals surface area contributed by atoms with E-state index in [9.17, 15) is 24.5 Å². The summed E-state index contributed by atoms with van der Waals surface area (Å²) >= 11 is 2.71. The lowest BCUT2D eigenvalue weighted by atomic mass is 10.2. The van der Waals surface area contributed by atoms with Gasteiger partial charge in [0.15, 0.2) is 39.2 Å². The van der Waals surface area contributed by atoms with Crippen molar-refractivity contribution in [1.29, 1.82) is 0 Å². The predicted octanol–water partition coefficient (Wildman–Crippen LogP) is 5.29. The van der Waals surface area contributed by atoms with Crippen LogP contribution in [0.2, 0.25) is 0 Å². The van der Waals surface area contributed by atoms with Gasteiger partial charge in [0, 0.05) is 17.0 Å². The van der Waals surface area contributed by atoms with E-state index in [1.807, 2.05) is 37.3 Å². The van der Waals surface area contributed by atoms with Gasteiger partial charge in [-0.1, -0.05) is 35.3 Å². The third kappa shape index (κ3) is 9.46.